The molecule has 0 radical (unpaired) electrons. The molecule has 0 saturated heterocycles. The van der Waals surface area contributed by atoms with Crippen LogP contribution in [0.2, 0.25) is 0 Å². The topological polar surface area (TPSA) is 69.6 Å². The molecule has 0 atom stereocenters. The molecule has 1 heterocycles. The third-order valence-corrected chi connectivity index (χ3v) is 4.10. The third-order valence-electron chi connectivity index (χ3n) is 3.03. The number of hydrogen-bond donors (Lipinski definition) is 2. The number of carbonyl (C=O) groups is 1. The highest BCUT2D eigenvalue weighted by atomic mass is 127. The van der Waals surface area contributed by atoms with Gasteiger partial charge in [0.25, 0.3) is 0 Å². The first kappa shape index (κ1) is 22.1. The molecule has 1 rings (SSSR count). The Morgan fingerprint density at radius 2 is 1.96 bits per heavy atom. The largest absolute Gasteiger partial charge is 0.356 e. The third kappa shape index (κ3) is 8.50. The maximum absolute atomic E-state index is 11.7. The molecule has 1 amide bonds. The van der Waals surface area contributed by atoms with E-state index in [1.165, 1.54) is 9.78 Å². The summed E-state index contributed by atoms with van der Waals surface area (Å²) in [6.07, 6.45) is 0. The molecule has 1 aromatic rings. The molecule has 0 aliphatic rings. The Hall–Kier alpha value is -0.900. The van der Waals surface area contributed by atoms with Crippen LogP contribution in [0.25, 0.3) is 0 Å². The number of thiazole rings is 1. The van der Waals surface area contributed by atoms with Crippen molar-refractivity contribution >= 4 is 47.2 Å². The second-order valence-corrected chi connectivity index (χ2v) is 7.12. The average molecular weight is 453 g/mol. The monoisotopic (exact) mass is 453 g/mol. The van der Waals surface area contributed by atoms with Gasteiger partial charge in [-0.05, 0) is 19.8 Å². The molecule has 23 heavy (non-hydrogen) atoms. The summed E-state index contributed by atoms with van der Waals surface area (Å²) in [7, 11) is 3.46. The number of halogens is 1. The minimum absolute atomic E-state index is 0. The summed E-state index contributed by atoms with van der Waals surface area (Å²) in [5.74, 6) is 1.13. The van der Waals surface area contributed by atoms with Gasteiger partial charge in [-0.2, -0.15) is 0 Å². The molecule has 0 unspecified atom stereocenters. The highest BCUT2D eigenvalue weighted by Crippen LogP contribution is 2.15. The molecule has 6 nitrogen and oxygen atoms in total. The second-order valence-electron chi connectivity index (χ2n) is 5.83. The highest BCUT2D eigenvalue weighted by Gasteiger charge is 2.07. The zero-order chi connectivity index (χ0) is 16.7. The molecule has 0 aromatic carbocycles. The summed E-state index contributed by atoms with van der Waals surface area (Å²) >= 11 is 1.68. The van der Waals surface area contributed by atoms with Gasteiger partial charge in [0.05, 0.1) is 12.2 Å². The molecule has 2 N–H and O–H groups in total. The standard InChI is InChI=1S/C15H27N5OS.HI/c1-10(2)7-16-15(18-9-14(21)20(5)6)17-8-13-19-11(3)12(4)22-13;/h10H,7-9H2,1-6H3,(H2,16,17,18);1H. The summed E-state index contributed by atoms with van der Waals surface area (Å²) in [5.41, 5.74) is 1.07. The number of aryl methyl sites for hydroxylation is 2. The van der Waals surface area contributed by atoms with Crippen LogP contribution in [-0.4, -0.2) is 48.9 Å². The van der Waals surface area contributed by atoms with Gasteiger partial charge in [0.15, 0.2) is 5.96 Å². The van der Waals surface area contributed by atoms with Crippen LogP contribution in [0.4, 0.5) is 0 Å². The van der Waals surface area contributed by atoms with E-state index in [-0.39, 0.29) is 36.4 Å². The van der Waals surface area contributed by atoms with Gasteiger partial charge in [0.2, 0.25) is 5.91 Å². The number of nitrogens with zero attached hydrogens (tertiary/aromatic N) is 3. The minimum atomic E-state index is -0.0217. The molecule has 0 bridgehead atoms. The maximum Gasteiger partial charge on any atom is 0.243 e. The molecular weight excluding hydrogens is 425 g/mol. The summed E-state index contributed by atoms with van der Waals surface area (Å²) in [4.78, 5) is 23.3. The van der Waals surface area contributed by atoms with Gasteiger partial charge in [-0.25, -0.2) is 9.98 Å². The Kier molecular flexibility index (Phi) is 10.4. The smallest absolute Gasteiger partial charge is 0.243 e. The van der Waals surface area contributed by atoms with E-state index in [2.05, 4.69) is 41.4 Å². The Labute approximate surface area is 160 Å². The van der Waals surface area contributed by atoms with Crippen molar-refractivity contribution < 1.29 is 4.79 Å². The van der Waals surface area contributed by atoms with Gasteiger partial charge in [0.1, 0.15) is 11.6 Å². The molecular formula is C15H28IN5OS. The predicted molar refractivity (Wildman–Crippen MR) is 108 cm³/mol. The summed E-state index contributed by atoms with van der Waals surface area (Å²) in [6, 6.07) is 0. The predicted octanol–water partition coefficient (Wildman–Crippen LogP) is 2.16. The van der Waals surface area contributed by atoms with Crippen LogP contribution in [0, 0.1) is 19.8 Å². The number of likely N-dealkylation sites (N-methyl/N-ethyl adjacent to an activating group) is 1. The molecule has 132 valence electrons. The van der Waals surface area contributed by atoms with E-state index < -0.39 is 0 Å². The average Bonchev–Trinajstić information content (AvgIpc) is 2.76. The maximum atomic E-state index is 11.7. The van der Waals surface area contributed by atoms with Gasteiger partial charge >= 0.3 is 0 Å². The van der Waals surface area contributed by atoms with Crippen LogP contribution in [0.3, 0.4) is 0 Å². The van der Waals surface area contributed by atoms with E-state index in [9.17, 15) is 4.79 Å². The van der Waals surface area contributed by atoms with Gasteiger partial charge in [-0.1, -0.05) is 13.8 Å². The number of carbonyl (C=O) groups excluding carboxylic acids is 1. The number of aliphatic imine (C=N–C) groups is 1. The van der Waals surface area contributed by atoms with Crippen molar-refractivity contribution in [1.29, 1.82) is 0 Å². The Balaban J connectivity index is 0.00000484. The first-order chi connectivity index (χ1) is 10.3. The van der Waals surface area contributed by atoms with E-state index in [4.69, 9.17) is 0 Å². The number of guanidine groups is 1. The van der Waals surface area contributed by atoms with Crippen LogP contribution < -0.4 is 10.6 Å². The lowest BCUT2D eigenvalue weighted by molar-refractivity contribution is -0.127. The first-order valence-corrected chi connectivity index (χ1v) is 8.26. The summed E-state index contributed by atoms with van der Waals surface area (Å²) < 4.78 is 0. The molecule has 1 aromatic heterocycles. The fraction of sp³-hybridized carbons (Fsp3) is 0.667. The van der Waals surface area contributed by atoms with Crippen molar-refractivity contribution in [3.63, 3.8) is 0 Å². The van der Waals surface area contributed by atoms with Gasteiger partial charge in [-0.3, -0.25) is 4.79 Å². The number of aromatic nitrogens is 1. The van der Waals surface area contributed by atoms with Crippen LogP contribution in [0.1, 0.15) is 29.4 Å². The van der Waals surface area contributed by atoms with Crippen LogP contribution >= 0.6 is 35.3 Å². The highest BCUT2D eigenvalue weighted by molar-refractivity contribution is 14.0. The lowest BCUT2D eigenvalue weighted by Crippen LogP contribution is -2.39. The van der Waals surface area contributed by atoms with Crippen molar-refractivity contribution in [2.24, 2.45) is 10.9 Å². The van der Waals surface area contributed by atoms with Crippen molar-refractivity contribution in [3.05, 3.63) is 15.6 Å². The Morgan fingerprint density at radius 1 is 1.30 bits per heavy atom. The Morgan fingerprint density at radius 3 is 2.43 bits per heavy atom. The summed E-state index contributed by atoms with van der Waals surface area (Å²) in [6.45, 7) is 9.88. The molecule has 0 saturated carbocycles. The van der Waals surface area contributed by atoms with Crippen LogP contribution in [0.5, 0.6) is 0 Å². The number of amides is 1. The molecule has 0 aliphatic carbocycles. The van der Waals surface area contributed by atoms with E-state index in [1.54, 1.807) is 25.4 Å². The molecule has 0 fully saturated rings. The van der Waals surface area contributed by atoms with Crippen molar-refractivity contribution in [1.82, 2.24) is 20.5 Å². The Bertz CT molecular complexity index is 508. The van der Waals surface area contributed by atoms with Crippen molar-refractivity contribution in [3.8, 4) is 0 Å². The zero-order valence-corrected chi connectivity index (χ0v) is 17.9. The van der Waals surface area contributed by atoms with E-state index in [0.29, 0.717) is 18.4 Å². The minimum Gasteiger partial charge on any atom is -0.356 e. The number of nitrogens with one attached hydrogen (secondary N) is 2. The van der Waals surface area contributed by atoms with Crippen LogP contribution in [-0.2, 0) is 11.3 Å². The van der Waals surface area contributed by atoms with E-state index >= 15 is 0 Å². The van der Waals surface area contributed by atoms with Gasteiger partial charge < -0.3 is 15.5 Å². The first-order valence-electron chi connectivity index (χ1n) is 7.44. The second kappa shape index (κ2) is 10.8. The van der Waals surface area contributed by atoms with Crippen molar-refractivity contribution in [2.45, 2.75) is 34.2 Å². The van der Waals surface area contributed by atoms with Gasteiger partial charge in [-0.15, -0.1) is 35.3 Å². The lowest BCUT2D eigenvalue weighted by atomic mass is 10.2. The van der Waals surface area contributed by atoms with E-state index in [0.717, 1.165) is 17.2 Å². The number of rotatable bonds is 6. The molecule has 0 spiro atoms. The quantitative estimate of drug-likeness (QED) is 0.394. The molecule has 0 aliphatic heterocycles. The number of hydrogen-bond acceptors (Lipinski definition) is 4. The SMILES string of the molecule is Cc1nc(CNC(=NCC(=O)N(C)C)NCC(C)C)sc1C.I. The lowest BCUT2D eigenvalue weighted by Gasteiger charge is -2.14. The van der Waals surface area contributed by atoms with E-state index in [1.807, 2.05) is 6.92 Å². The summed E-state index contributed by atoms with van der Waals surface area (Å²) in [5, 5.41) is 7.51. The molecule has 8 heteroatoms. The fourth-order valence-electron chi connectivity index (χ4n) is 1.54. The normalized spacial score (nSPS) is 11.2. The zero-order valence-electron chi connectivity index (χ0n) is 14.8. The fourth-order valence-corrected chi connectivity index (χ4v) is 2.41. The van der Waals surface area contributed by atoms with Crippen molar-refractivity contribution in [2.75, 3.05) is 27.2 Å². The van der Waals surface area contributed by atoms with Crippen LogP contribution in [0.15, 0.2) is 4.99 Å². The van der Waals surface area contributed by atoms with Gasteiger partial charge in [0, 0.05) is 25.5 Å².